The third-order valence-corrected chi connectivity index (χ3v) is 4.07. The molecule has 0 aliphatic carbocycles. The monoisotopic (exact) mass is 323 g/mol. The molecule has 0 aliphatic rings. The molecule has 0 radical (unpaired) electrons. The molecule has 0 saturated carbocycles. The van der Waals surface area contributed by atoms with Crippen LogP contribution in [0.1, 0.15) is 36.7 Å². The van der Waals surface area contributed by atoms with Crippen LogP contribution in [-0.2, 0) is 5.41 Å². The predicted octanol–water partition coefficient (Wildman–Crippen LogP) is 5.04. The Hall–Kier alpha value is -2.75. The van der Waals surface area contributed by atoms with Gasteiger partial charge in [0.2, 0.25) is 0 Å². The number of benzene rings is 2. The quantitative estimate of drug-likeness (QED) is 0.719. The van der Waals surface area contributed by atoms with Gasteiger partial charge in [-0.05, 0) is 23.1 Å². The molecule has 122 valence electrons. The summed E-state index contributed by atoms with van der Waals surface area (Å²) in [4.78, 5) is 15.9. The number of aromatic nitrogens is 1. The Morgan fingerprint density at radius 1 is 1.08 bits per heavy atom. The van der Waals surface area contributed by atoms with E-state index in [4.69, 9.17) is 0 Å². The van der Waals surface area contributed by atoms with Crippen molar-refractivity contribution < 1.29 is 14.3 Å². The molecule has 24 heavy (non-hydrogen) atoms. The molecular formula is C20H18FNO2. The van der Waals surface area contributed by atoms with Crippen LogP contribution >= 0.6 is 0 Å². The zero-order chi connectivity index (χ0) is 17.5. The van der Waals surface area contributed by atoms with Gasteiger partial charge in [0.1, 0.15) is 11.3 Å². The molecule has 1 aromatic heterocycles. The maximum absolute atomic E-state index is 14.1. The van der Waals surface area contributed by atoms with Gasteiger partial charge in [0.05, 0.1) is 11.3 Å². The van der Waals surface area contributed by atoms with Gasteiger partial charge in [0, 0.05) is 10.9 Å². The molecule has 2 aromatic carbocycles. The minimum absolute atomic E-state index is 0.0215. The normalized spacial score (nSPS) is 11.7. The van der Waals surface area contributed by atoms with Gasteiger partial charge in [0.15, 0.2) is 0 Å². The van der Waals surface area contributed by atoms with E-state index in [0.29, 0.717) is 11.1 Å². The van der Waals surface area contributed by atoms with Crippen molar-refractivity contribution in [2.75, 3.05) is 0 Å². The predicted molar refractivity (Wildman–Crippen MR) is 92.8 cm³/mol. The van der Waals surface area contributed by atoms with E-state index in [1.807, 2.05) is 24.3 Å². The molecule has 3 nitrogen and oxygen atoms in total. The van der Waals surface area contributed by atoms with Gasteiger partial charge < -0.3 is 5.11 Å². The fraction of sp³-hybridized carbons (Fsp3) is 0.200. The highest BCUT2D eigenvalue weighted by molar-refractivity contribution is 6.03. The first-order chi connectivity index (χ1) is 11.3. The second-order valence-corrected chi connectivity index (χ2v) is 6.82. The SMILES string of the molecule is CC(C)(C)c1ccc(-c2cc(C(=O)O)c3cccc(F)c3n2)cc1. The number of hydrogen-bond acceptors (Lipinski definition) is 2. The molecule has 0 bridgehead atoms. The van der Waals surface area contributed by atoms with Crippen molar-refractivity contribution in [3.05, 3.63) is 65.5 Å². The van der Waals surface area contributed by atoms with Crippen molar-refractivity contribution >= 4 is 16.9 Å². The fourth-order valence-electron chi connectivity index (χ4n) is 2.68. The van der Waals surface area contributed by atoms with Crippen molar-refractivity contribution in [3.63, 3.8) is 0 Å². The summed E-state index contributed by atoms with van der Waals surface area (Å²) >= 11 is 0. The molecule has 0 unspecified atom stereocenters. The zero-order valence-corrected chi connectivity index (χ0v) is 13.8. The number of halogens is 1. The van der Waals surface area contributed by atoms with Crippen LogP contribution in [0.3, 0.4) is 0 Å². The number of aromatic carboxylic acids is 1. The average molecular weight is 323 g/mol. The van der Waals surface area contributed by atoms with Crippen molar-refractivity contribution in [1.29, 1.82) is 0 Å². The summed E-state index contributed by atoms with van der Waals surface area (Å²) in [7, 11) is 0. The van der Waals surface area contributed by atoms with Gasteiger partial charge in [-0.3, -0.25) is 0 Å². The molecule has 0 amide bonds. The molecule has 1 N–H and O–H groups in total. The van der Waals surface area contributed by atoms with Crippen LogP contribution in [0.15, 0.2) is 48.5 Å². The molecule has 0 saturated heterocycles. The number of fused-ring (bicyclic) bond motifs is 1. The Morgan fingerprint density at radius 3 is 2.33 bits per heavy atom. The first-order valence-corrected chi connectivity index (χ1v) is 7.71. The summed E-state index contributed by atoms with van der Waals surface area (Å²) < 4.78 is 14.1. The highest BCUT2D eigenvalue weighted by Crippen LogP contribution is 2.29. The van der Waals surface area contributed by atoms with E-state index < -0.39 is 11.8 Å². The smallest absolute Gasteiger partial charge is 0.336 e. The van der Waals surface area contributed by atoms with Crippen LogP contribution in [0.25, 0.3) is 22.2 Å². The lowest BCUT2D eigenvalue weighted by Crippen LogP contribution is -2.10. The number of nitrogens with zero attached hydrogens (tertiary/aromatic N) is 1. The Bertz CT molecular complexity index is 925. The minimum Gasteiger partial charge on any atom is -0.478 e. The molecule has 0 atom stereocenters. The lowest BCUT2D eigenvalue weighted by Gasteiger charge is -2.19. The largest absolute Gasteiger partial charge is 0.478 e. The Morgan fingerprint density at radius 2 is 1.75 bits per heavy atom. The second-order valence-electron chi connectivity index (χ2n) is 6.82. The Balaban J connectivity index is 2.20. The highest BCUT2D eigenvalue weighted by atomic mass is 19.1. The summed E-state index contributed by atoms with van der Waals surface area (Å²) in [6.45, 7) is 6.36. The fourth-order valence-corrected chi connectivity index (χ4v) is 2.68. The average Bonchev–Trinajstić information content (AvgIpc) is 2.53. The van der Waals surface area contributed by atoms with Crippen molar-refractivity contribution in [1.82, 2.24) is 4.98 Å². The van der Waals surface area contributed by atoms with Crippen molar-refractivity contribution in [3.8, 4) is 11.3 Å². The minimum atomic E-state index is -1.10. The molecule has 4 heteroatoms. The third kappa shape index (κ3) is 2.87. The number of pyridine rings is 1. The Labute approximate surface area is 139 Å². The maximum atomic E-state index is 14.1. The lowest BCUT2D eigenvalue weighted by atomic mass is 9.86. The van der Waals surface area contributed by atoms with E-state index in [1.54, 1.807) is 6.07 Å². The second kappa shape index (κ2) is 5.71. The molecule has 0 fully saturated rings. The van der Waals surface area contributed by atoms with Gasteiger partial charge in [-0.2, -0.15) is 0 Å². The van der Waals surface area contributed by atoms with Crippen molar-refractivity contribution in [2.24, 2.45) is 0 Å². The molecule has 0 aliphatic heterocycles. The van der Waals surface area contributed by atoms with Crippen LogP contribution < -0.4 is 0 Å². The summed E-state index contributed by atoms with van der Waals surface area (Å²) in [6, 6.07) is 13.6. The van der Waals surface area contributed by atoms with Crippen LogP contribution in [0.4, 0.5) is 4.39 Å². The number of rotatable bonds is 2. The maximum Gasteiger partial charge on any atom is 0.336 e. The van der Waals surface area contributed by atoms with E-state index in [2.05, 4.69) is 25.8 Å². The first kappa shape index (κ1) is 16.1. The van der Waals surface area contributed by atoms with Crippen molar-refractivity contribution in [2.45, 2.75) is 26.2 Å². The Kier molecular flexibility index (Phi) is 3.84. The number of carbonyl (C=O) groups is 1. The van der Waals surface area contributed by atoms with E-state index in [-0.39, 0.29) is 16.5 Å². The van der Waals surface area contributed by atoms with Crippen LogP contribution in [0.5, 0.6) is 0 Å². The van der Waals surface area contributed by atoms with Gasteiger partial charge >= 0.3 is 5.97 Å². The topological polar surface area (TPSA) is 50.2 Å². The molecule has 0 spiro atoms. The summed E-state index contributed by atoms with van der Waals surface area (Å²) in [5.74, 6) is -1.62. The molecule has 3 aromatic rings. The summed E-state index contributed by atoms with van der Waals surface area (Å²) in [5, 5.41) is 9.75. The van der Waals surface area contributed by atoms with E-state index >= 15 is 0 Å². The number of carboxylic acids is 1. The van der Waals surface area contributed by atoms with E-state index in [1.165, 1.54) is 18.2 Å². The number of para-hydroxylation sites is 1. The highest BCUT2D eigenvalue weighted by Gasteiger charge is 2.16. The van der Waals surface area contributed by atoms with Crippen LogP contribution in [0, 0.1) is 5.82 Å². The van der Waals surface area contributed by atoms with Crippen LogP contribution in [-0.4, -0.2) is 16.1 Å². The van der Waals surface area contributed by atoms with Gasteiger partial charge in [-0.25, -0.2) is 14.2 Å². The van der Waals surface area contributed by atoms with E-state index in [9.17, 15) is 14.3 Å². The number of carboxylic acid groups (broad SMARTS) is 1. The lowest BCUT2D eigenvalue weighted by molar-refractivity contribution is 0.0699. The number of hydrogen-bond donors (Lipinski definition) is 1. The van der Waals surface area contributed by atoms with Gasteiger partial charge in [-0.1, -0.05) is 57.2 Å². The van der Waals surface area contributed by atoms with Gasteiger partial charge in [-0.15, -0.1) is 0 Å². The van der Waals surface area contributed by atoms with Gasteiger partial charge in [0.25, 0.3) is 0 Å². The standard InChI is InChI=1S/C20H18FNO2/c1-20(2,3)13-9-7-12(8-10-13)17-11-15(19(23)24)14-5-4-6-16(21)18(14)22-17/h4-11H,1-3H3,(H,23,24). The molecule has 1 heterocycles. The van der Waals surface area contributed by atoms with Crippen LogP contribution in [0.2, 0.25) is 0 Å². The zero-order valence-electron chi connectivity index (χ0n) is 13.8. The summed E-state index contributed by atoms with van der Waals surface area (Å²) in [5.41, 5.74) is 2.52. The molecule has 3 rings (SSSR count). The first-order valence-electron chi connectivity index (χ1n) is 7.71. The van der Waals surface area contributed by atoms with E-state index in [0.717, 1.165) is 11.1 Å². The summed E-state index contributed by atoms with van der Waals surface area (Å²) in [6.07, 6.45) is 0. The third-order valence-electron chi connectivity index (χ3n) is 4.07. The molecular weight excluding hydrogens is 305 g/mol.